The van der Waals surface area contributed by atoms with E-state index >= 15 is 0 Å². The van der Waals surface area contributed by atoms with Crippen molar-refractivity contribution in [3.8, 4) is 17.2 Å². The van der Waals surface area contributed by atoms with Crippen molar-refractivity contribution in [2.75, 3.05) is 14.2 Å². The molecule has 0 aliphatic heterocycles. The van der Waals surface area contributed by atoms with E-state index in [0.717, 1.165) is 0 Å². The van der Waals surface area contributed by atoms with Gasteiger partial charge in [0.25, 0.3) is 0 Å². The Bertz CT molecular complexity index is 552. The molecular weight excluding hydrogens is 234 g/mol. The third-order valence-electron chi connectivity index (χ3n) is 2.58. The first-order valence-corrected chi connectivity index (χ1v) is 5.30. The Kier molecular flexibility index (Phi) is 3.23. The average Bonchev–Trinajstić information content (AvgIpc) is 2.87. The van der Waals surface area contributed by atoms with E-state index in [-0.39, 0.29) is 5.69 Å². The maximum absolute atomic E-state index is 11.1. The van der Waals surface area contributed by atoms with E-state index in [1.165, 1.54) is 6.07 Å². The molecule has 0 radical (unpaired) electrons. The van der Waals surface area contributed by atoms with Crippen LogP contribution in [0.2, 0.25) is 0 Å². The van der Waals surface area contributed by atoms with Gasteiger partial charge in [0, 0.05) is 24.4 Å². The smallest absolute Gasteiger partial charge is 0.352 e. The van der Waals surface area contributed by atoms with Crippen LogP contribution in [0, 0.1) is 0 Å². The van der Waals surface area contributed by atoms with E-state index in [0.29, 0.717) is 17.2 Å². The standard InChI is InChI=1S/C13H13NO4/c1-17-10-6-9(7-11(8-10)18-2)14-5-3-4-12(14)13(15)16/h3-8H,1-2H3,(H,15,16). The topological polar surface area (TPSA) is 60.7 Å². The summed E-state index contributed by atoms with van der Waals surface area (Å²) in [5, 5.41) is 9.09. The highest BCUT2D eigenvalue weighted by Crippen LogP contribution is 2.26. The van der Waals surface area contributed by atoms with Gasteiger partial charge in [0.05, 0.1) is 19.9 Å². The predicted octanol–water partition coefficient (Wildman–Crippen LogP) is 2.19. The molecule has 0 aliphatic rings. The molecule has 5 nitrogen and oxygen atoms in total. The molecule has 1 aromatic carbocycles. The number of benzene rings is 1. The lowest BCUT2D eigenvalue weighted by Crippen LogP contribution is -2.06. The van der Waals surface area contributed by atoms with Crippen LogP contribution in [0.5, 0.6) is 11.5 Å². The maximum Gasteiger partial charge on any atom is 0.352 e. The van der Waals surface area contributed by atoms with Crippen LogP contribution in [0.3, 0.4) is 0 Å². The molecule has 1 heterocycles. The largest absolute Gasteiger partial charge is 0.497 e. The van der Waals surface area contributed by atoms with Crippen molar-refractivity contribution in [1.29, 1.82) is 0 Å². The molecule has 1 N–H and O–H groups in total. The minimum Gasteiger partial charge on any atom is -0.497 e. The SMILES string of the molecule is COc1cc(OC)cc(-n2cccc2C(=O)O)c1. The zero-order valence-electron chi connectivity index (χ0n) is 10.1. The fraction of sp³-hybridized carbons (Fsp3) is 0.154. The molecule has 1 aromatic heterocycles. The monoisotopic (exact) mass is 247 g/mol. The summed E-state index contributed by atoms with van der Waals surface area (Å²) in [5.74, 6) is 0.227. The van der Waals surface area contributed by atoms with Crippen LogP contribution < -0.4 is 9.47 Å². The van der Waals surface area contributed by atoms with Gasteiger partial charge in [-0.2, -0.15) is 0 Å². The maximum atomic E-state index is 11.1. The Balaban J connectivity index is 2.55. The highest BCUT2D eigenvalue weighted by molar-refractivity contribution is 5.86. The van der Waals surface area contributed by atoms with Gasteiger partial charge in [-0.15, -0.1) is 0 Å². The second-order valence-electron chi connectivity index (χ2n) is 3.64. The molecule has 0 spiro atoms. The van der Waals surface area contributed by atoms with Gasteiger partial charge in [0.1, 0.15) is 17.2 Å². The van der Waals surface area contributed by atoms with Gasteiger partial charge >= 0.3 is 5.97 Å². The molecule has 0 atom stereocenters. The lowest BCUT2D eigenvalue weighted by molar-refractivity contribution is 0.0688. The molecule has 0 amide bonds. The molecule has 0 saturated heterocycles. The van der Waals surface area contributed by atoms with Crippen LogP contribution in [0.25, 0.3) is 5.69 Å². The summed E-state index contributed by atoms with van der Waals surface area (Å²) in [6, 6.07) is 8.43. The van der Waals surface area contributed by atoms with Gasteiger partial charge in [-0.1, -0.05) is 0 Å². The van der Waals surface area contributed by atoms with Gasteiger partial charge in [-0.3, -0.25) is 0 Å². The quantitative estimate of drug-likeness (QED) is 0.899. The highest BCUT2D eigenvalue weighted by Gasteiger charge is 2.11. The summed E-state index contributed by atoms with van der Waals surface area (Å²) in [4.78, 5) is 11.1. The number of rotatable bonds is 4. The number of hydrogen-bond acceptors (Lipinski definition) is 3. The summed E-state index contributed by atoms with van der Waals surface area (Å²) < 4.78 is 11.9. The molecule has 5 heteroatoms. The number of aromatic nitrogens is 1. The minimum absolute atomic E-state index is 0.185. The van der Waals surface area contributed by atoms with Crippen LogP contribution in [0.1, 0.15) is 10.5 Å². The van der Waals surface area contributed by atoms with Crippen LogP contribution in [-0.2, 0) is 0 Å². The molecule has 18 heavy (non-hydrogen) atoms. The molecule has 0 bridgehead atoms. The molecule has 94 valence electrons. The van der Waals surface area contributed by atoms with E-state index in [1.807, 2.05) is 0 Å². The number of carbonyl (C=O) groups is 1. The second-order valence-corrected chi connectivity index (χ2v) is 3.64. The first-order valence-electron chi connectivity index (χ1n) is 5.30. The number of ether oxygens (including phenoxy) is 2. The summed E-state index contributed by atoms with van der Waals surface area (Å²) in [7, 11) is 3.10. The van der Waals surface area contributed by atoms with Gasteiger partial charge in [-0.05, 0) is 12.1 Å². The van der Waals surface area contributed by atoms with Crippen molar-refractivity contribution in [3.05, 3.63) is 42.2 Å². The minimum atomic E-state index is -0.984. The van der Waals surface area contributed by atoms with E-state index in [2.05, 4.69) is 0 Å². The Morgan fingerprint density at radius 2 is 1.78 bits per heavy atom. The first-order chi connectivity index (χ1) is 8.65. The average molecular weight is 247 g/mol. The molecular formula is C13H13NO4. The van der Waals surface area contributed by atoms with Gasteiger partial charge in [-0.25, -0.2) is 4.79 Å². The van der Waals surface area contributed by atoms with Crippen molar-refractivity contribution < 1.29 is 19.4 Å². The van der Waals surface area contributed by atoms with Crippen LogP contribution in [0.4, 0.5) is 0 Å². The molecule has 0 saturated carbocycles. The Morgan fingerprint density at radius 3 is 2.28 bits per heavy atom. The number of carboxylic acid groups (broad SMARTS) is 1. The van der Waals surface area contributed by atoms with Crippen LogP contribution in [-0.4, -0.2) is 29.9 Å². The number of hydrogen-bond donors (Lipinski definition) is 1. The lowest BCUT2D eigenvalue weighted by atomic mass is 10.2. The predicted molar refractivity (Wildman–Crippen MR) is 65.8 cm³/mol. The van der Waals surface area contributed by atoms with Crippen molar-refractivity contribution in [2.45, 2.75) is 0 Å². The molecule has 0 fully saturated rings. The zero-order chi connectivity index (χ0) is 13.1. The molecule has 2 rings (SSSR count). The molecule has 0 aliphatic carbocycles. The van der Waals surface area contributed by atoms with E-state index in [1.54, 1.807) is 49.2 Å². The van der Waals surface area contributed by atoms with Crippen molar-refractivity contribution in [2.24, 2.45) is 0 Å². The number of carboxylic acids is 1. The highest BCUT2D eigenvalue weighted by atomic mass is 16.5. The van der Waals surface area contributed by atoms with Crippen LogP contribution >= 0.6 is 0 Å². The fourth-order valence-corrected chi connectivity index (χ4v) is 1.71. The third kappa shape index (κ3) is 2.15. The van der Waals surface area contributed by atoms with Crippen molar-refractivity contribution >= 4 is 5.97 Å². The normalized spacial score (nSPS) is 10.1. The van der Waals surface area contributed by atoms with Crippen molar-refractivity contribution in [1.82, 2.24) is 4.57 Å². The lowest BCUT2D eigenvalue weighted by Gasteiger charge is -2.10. The van der Waals surface area contributed by atoms with E-state index in [9.17, 15) is 4.79 Å². The van der Waals surface area contributed by atoms with E-state index < -0.39 is 5.97 Å². The van der Waals surface area contributed by atoms with Crippen LogP contribution in [0.15, 0.2) is 36.5 Å². The number of methoxy groups -OCH3 is 2. The Morgan fingerprint density at radius 1 is 1.17 bits per heavy atom. The summed E-state index contributed by atoms with van der Waals surface area (Å²) >= 11 is 0. The Labute approximate surface area is 104 Å². The second kappa shape index (κ2) is 4.83. The van der Waals surface area contributed by atoms with E-state index in [4.69, 9.17) is 14.6 Å². The fourth-order valence-electron chi connectivity index (χ4n) is 1.71. The van der Waals surface area contributed by atoms with Gasteiger partial charge in [0.15, 0.2) is 0 Å². The Hall–Kier alpha value is -2.43. The third-order valence-corrected chi connectivity index (χ3v) is 2.58. The van der Waals surface area contributed by atoms with Crippen molar-refractivity contribution in [3.63, 3.8) is 0 Å². The van der Waals surface area contributed by atoms with Gasteiger partial charge in [0.2, 0.25) is 0 Å². The number of nitrogens with zero attached hydrogens (tertiary/aromatic N) is 1. The number of aromatic carboxylic acids is 1. The first kappa shape index (κ1) is 12.0. The summed E-state index contributed by atoms with van der Waals surface area (Å²) in [5.41, 5.74) is 0.860. The molecule has 2 aromatic rings. The summed E-state index contributed by atoms with van der Waals surface area (Å²) in [6.45, 7) is 0. The summed E-state index contributed by atoms with van der Waals surface area (Å²) in [6.07, 6.45) is 1.68. The zero-order valence-corrected chi connectivity index (χ0v) is 10.1. The molecule has 0 unspecified atom stereocenters. The van der Waals surface area contributed by atoms with Gasteiger partial charge < -0.3 is 19.1 Å².